The van der Waals surface area contributed by atoms with E-state index in [4.69, 9.17) is 16.3 Å². The van der Waals surface area contributed by atoms with Crippen LogP contribution in [0.2, 0.25) is 5.02 Å². The minimum absolute atomic E-state index is 0.0743. The minimum atomic E-state index is -3.82. The molecule has 2 amide bonds. The Hall–Kier alpha value is -2.46. The first-order chi connectivity index (χ1) is 15.8. The fourth-order valence-corrected chi connectivity index (χ4v) is 5.40. The summed E-state index contributed by atoms with van der Waals surface area (Å²) in [7, 11) is -2.25. The highest BCUT2D eigenvalue weighted by Crippen LogP contribution is 2.28. The van der Waals surface area contributed by atoms with Gasteiger partial charge >= 0.3 is 0 Å². The highest BCUT2D eigenvalue weighted by Gasteiger charge is 2.28. The third-order valence-corrected chi connectivity index (χ3v) is 7.69. The number of likely N-dealkylation sites (N-methyl/N-ethyl adjacent to an activating group) is 1. The van der Waals surface area contributed by atoms with Gasteiger partial charge in [0.15, 0.2) is 0 Å². The van der Waals surface area contributed by atoms with Gasteiger partial charge in [-0.25, -0.2) is 8.42 Å². The van der Waals surface area contributed by atoms with Crippen molar-refractivity contribution in [3.63, 3.8) is 0 Å². The van der Waals surface area contributed by atoms with Crippen LogP contribution < -0.4 is 5.32 Å². The third-order valence-electron chi connectivity index (χ3n) is 5.31. The molecule has 0 unspecified atom stereocenters. The summed E-state index contributed by atoms with van der Waals surface area (Å²) in [5.41, 5.74) is 1.46. The van der Waals surface area contributed by atoms with Crippen LogP contribution in [0.4, 0.5) is 5.69 Å². The predicted molar refractivity (Wildman–Crippen MR) is 127 cm³/mol. The van der Waals surface area contributed by atoms with Gasteiger partial charge in [0.25, 0.3) is 0 Å². The zero-order valence-electron chi connectivity index (χ0n) is 18.5. The Bertz CT molecular complexity index is 1070. The van der Waals surface area contributed by atoms with Gasteiger partial charge in [-0.1, -0.05) is 41.9 Å². The summed E-state index contributed by atoms with van der Waals surface area (Å²) in [6.45, 7) is 0.981. The first-order valence-electron chi connectivity index (χ1n) is 10.7. The van der Waals surface area contributed by atoms with Gasteiger partial charge in [0, 0.05) is 32.2 Å². The third kappa shape index (κ3) is 7.01. The first kappa shape index (κ1) is 25.2. The monoisotopic (exact) mass is 493 g/mol. The van der Waals surface area contributed by atoms with E-state index in [-0.39, 0.29) is 35.5 Å². The van der Waals surface area contributed by atoms with Crippen LogP contribution in [0.5, 0.6) is 0 Å². The Morgan fingerprint density at radius 1 is 1.12 bits per heavy atom. The molecule has 0 radical (unpaired) electrons. The van der Waals surface area contributed by atoms with Crippen molar-refractivity contribution in [3.05, 3.63) is 59.1 Å². The number of aryl methyl sites for hydroxylation is 1. The fourth-order valence-electron chi connectivity index (χ4n) is 3.49. The Labute approximate surface area is 199 Å². The predicted octanol–water partition coefficient (Wildman–Crippen LogP) is 2.78. The zero-order chi connectivity index (χ0) is 23.8. The molecule has 2 aromatic rings. The molecule has 0 atom stereocenters. The lowest BCUT2D eigenvalue weighted by molar-refractivity contribution is -0.133. The molecule has 1 heterocycles. The van der Waals surface area contributed by atoms with E-state index >= 15 is 0 Å². The van der Waals surface area contributed by atoms with Gasteiger partial charge in [0.1, 0.15) is 4.90 Å². The smallest absolute Gasteiger partial charge is 0.244 e. The van der Waals surface area contributed by atoms with Crippen molar-refractivity contribution in [1.29, 1.82) is 0 Å². The van der Waals surface area contributed by atoms with Crippen LogP contribution >= 0.6 is 11.6 Å². The standard InChI is InChI=1S/C23H28ClN3O5S/c1-26(23(29)9-5-8-18-6-3-2-4-7-18)17-22(28)25-19-10-11-20(24)21(16-19)33(30,31)27-12-14-32-15-13-27/h2-4,6-7,10-11,16H,5,8-9,12-15,17H2,1H3,(H,25,28). The van der Waals surface area contributed by atoms with Gasteiger partial charge < -0.3 is 15.0 Å². The molecule has 1 aliphatic heterocycles. The summed E-state index contributed by atoms with van der Waals surface area (Å²) in [5.74, 6) is -0.557. The number of hydrogen-bond donors (Lipinski definition) is 1. The van der Waals surface area contributed by atoms with Crippen LogP contribution in [0.15, 0.2) is 53.4 Å². The van der Waals surface area contributed by atoms with Crippen LogP contribution in [0.25, 0.3) is 0 Å². The Kier molecular flexibility index (Phi) is 8.85. The van der Waals surface area contributed by atoms with Crippen molar-refractivity contribution >= 4 is 39.1 Å². The highest BCUT2D eigenvalue weighted by atomic mass is 35.5. The van der Waals surface area contributed by atoms with Crippen LogP contribution in [0.3, 0.4) is 0 Å². The number of anilines is 1. The number of halogens is 1. The van der Waals surface area contributed by atoms with Crippen LogP contribution in [0, 0.1) is 0 Å². The molecular weight excluding hydrogens is 466 g/mol. The highest BCUT2D eigenvalue weighted by molar-refractivity contribution is 7.89. The lowest BCUT2D eigenvalue weighted by atomic mass is 10.1. The number of nitrogens with one attached hydrogen (secondary N) is 1. The normalized spacial score (nSPS) is 14.6. The Morgan fingerprint density at radius 3 is 2.52 bits per heavy atom. The van der Waals surface area contributed by atoms with Gasteiger partial charge in [-0.05, 0) is 36.6 Å². The van der Waals surface area contributed by atoms with Crippen LogP contribution in [-0.2, 0) is 30.8 Å². The molecular formula is C23H28ClN3O5S. The molecule has 0 saturated carbocycles. The quantitative estimate of drug-likeness (QED) is 0.579. The summed E-state index contributed by atoms with van der Waals surface area (Å²) >= 11 is 6.15. The molecule has 33 heavy (non-hydrogen) atoms. The van der Waals surface area contributed by atoms with E-state index in [9.17, 15) is 18.0 Å². The lowest BCUT2D eigenvalue weighted by Crippen LogP contribution is -2.40. The van der Waals surface area contributed by atoms with Gasteiger partial charge in [0.05, 0.1) is 24.8 Å². The van der Waals surface area contributed by atoms with E-state index in [0.29, 0.717) is 31.7 Å². The lowest BCUT2D eigenvalue weighted by Gasteiger charge is -2.26. The number of morpholine rings is 1. The zero-order valence-corrected chi connectivity index (χ0v) is 20.1. The van der Waals surface area contributed by atoms with Crippen molar-refractivity contribution < 1.29 is 22.7 Å². The Morgan fingerprint density at radius 2 is 1.82 bits per heavy atom. The molecule has 1 aliphatic rings. The molecule has 8 nitrogen and oxygen atoms in total. The molecule has 3 rings (SSSR count). The van der Waals surface area contributed by atoms with E-state index in [1.54, 1.807) is 7.05 Å². The van der Waals surface area contributed by atoms with Crippen molar-refractivity contribution in [2.24, 2.45) is 0 Å². The average molecular weight is 494 g/mol. The molecule has 0 spiro atoms. The van der Waals surface area contributed by atoms with Crippen LogP contribution in [0.1, 0.15) is 18.4 Å². The molecule has 0 bridgehead atoms. The van der Waals surface area contributed by atoms with Gasteiger partial charge in [0.2, 0.25) is 21.8 Å². The molecule has 1 N–H and O–H groups in total. The maximum Gasteiger partial charge on any atom is 0.244 e. The number of carbonyl (C=O) groups excluding carboxylic acids is 2. The van der Waals surface area contributed by atoms with Crippen molar-refractivity contribution in [3.8, 4) is 0 Å². The van der Waals surface area contributed by atoms with Gasteiger partial charge in [-0.3, -0.25) is 9.59 Å². The second-order valence-corrected chi connectivity index (χ2v) is 10.1. The van der Waals surface area contributed by atoms with Crippen molar-refractivity contribution in [2.45, 2.75) is 24.2 Å². The maximum atomic E-state index is 12.9. The molecule has 1 fully saturated rings. The molecule has 0 aromatic heterocycles. The number of carbonyl (C=O) groups is 2. The molecule has 0 aliphatic carbocycles. The topological polar surface area (TPSA) is 96.0 Å². The van der Waals surface area contributed by atoms with Gasteiger partial charge in [-0.15, -0.1) is 0 Å². The summed E-state index contributed by atoms with van der Waals surface area (Å²) in [5, 5.41) is 2.73. The minimum Gasteiger partial charge on any atom is -0.379 e. The summed E-state index contributed by atoms with van der Waals surface area (Å²) < 4.78 is 32.4. The number of rotatable bonds is 9. The van der Waals surface area contributed by atoms with Gasteiger partial charge in [-0.2, -0.15) is 4.31 Å². The summed E-state index contributed by atoms with van der Waals surface area (Å²) in [6, 6.07) is 14.2. The molecule has 2 aromatic carbocycles. The number of sulfonamides is 1. The fraction of sp³-hybridized carbons (Fsp3) is 0.391. The van der Waals surface area contributed by atoms with E-state index in [2.05, 4.69) is 5.32 Å². The van der Waals surface area contributed by atoms with E-state index in [0.717, 1.165) is 12.0 Å². The number of amides is 2. The second kappa shape index (κ2) is 11.6. The van der Waals surface area contributed by atoms with Crippen LogP contribution in [-0.4, -0.2) is 69.3 Å². The second-order valence-electron chi connectivity index (χ2n) is 7.80. The molecule has 10 heteroatoms. The number of nitrogens with zero attached hydrogens (tertiary/aromatic N) is 2. The van der Waals surface area contributed by atoms with Crippen molar-refractivity contribution in [2.75, 3.05) is 45.2 Å². The molecule has 1 saturated heterocycles. The van der Waals surface area contributed by atoms with E-state index in [1.807, 2.05) is 30.3 Å². The maximum absolute atomic E-state index is 12.9. The summed E-state index contributed by atoms with van der Waals surface area (Å²) in [6.07, 6.45) is 1.81. The average Bonchev–Trinajstić information content (AvgIpc) is 2.81. The first-order valence-corrected chi connectivity index (χ1v) is 12.5. The van der Waals surface area contributed by atoms with Crippen molar-refractivity contribution in [1.82, 2.24) is 9.21 Å². The largest absolute Gasteiger partial charge is 0.379 e. The van der Waals surface area contributed by atoms with E-state index < -0.39 is 15.9 Å². The number of benzene rings is 2. The summed E-state index contributed by atoms with van der Waals surface area (Å²) in [4.78, 5) is 26.1. The Balaban J connectivity index is 1.55. The number of hydrogen-bond acceptors (Lipinski definition) is 5. The molecule has 178 valence electrons. The number of ether oxygens (including phenoxy) is 1. The van der Waals surface area contributed by atoms with E-state index in [1.165, 1.54) is 27.4 Å². The SMILES string of the molecule is CN(CC(=O)Nc1ccc(Cl)c(S(=O)(=O)N2CCOCC2)c1)C(=O)CCCc1ccccc1.